The molecule has 3 nitrogen and oxygen atoms in total. The minimum atomic E-state index is -4.47. The summed E-state index contributed by atoms with van der Waals surface area (Å²) in [5, 5.41) is 12.0. The van der Waals surface area contributed by atoms with Gasteiger partial charge in [-0.2, -0.15) is 13.2 Å². The van der Waals surface area contributed by atoms with Gasteiger partial charge in [-0.3, -0.25) is 0 Å². The molecule has 0 aliphatic rings. The van der Waals surface area contributed by atoms with Crippen LogP contribution >= 0.6 is 11.6 Å². The zero-order valence-corrected chi connectivity index (χ0v) is 12.9. The van der Waals surface area contributed by atoms with Crippen LogP contribution in [-0.2, 0) is 6.18 Å². The first-order chi connectivity index (χ1) is 10.9. The normalized spacial score (nSPS) is 12.9. The smallest absolute Gasteiger partial charge is 0.396 e. The lowest BCUT2D eigenvalue weighted by molar-refractivity contribution is -0.137. The average Bonchev–Trinajstić information content (AvgIpc) is 2.52. The van der Waals surface area contributed by atoms with Gasteiger partial charge in [0.2, 0.25) is 0 Å². The molecule has 1 unspecified atom stereocenters. The van der Waals surface area contributed by atoms with Gasteiger partial charge in [-0.1, -0.05) is 41.9 Å². The standard InChI is InChI=1S/C16H16ClF3N2O/c17-14-8-13(16(18,19)20)10-22-15(14)21-9-12(6-7-23)11-4-2-1-3-5-11/h1-5,8,10,12,23H,6-7,9H2,(H,21,22). The molecule has 0 aliphatic heterocycles. The number of nitrogens with zero attached hydrogens (tertiary/aromatic N) is 1. The zero-order chi connectivity index (χ0) is 16.9. The van der Waals surface area contributed by atoms with Crippen LogP contribution in [0.5, 0.6) is 0 Å². The van der Waals surface area contributed by atoms with Crippen molar-refractivity contribution >= 4 is 17.4 Å². The van der Waals surface area contributed by atoms with Crippen LogP contribution in [0.25, 0.3) is 0 Å². The summed E-state index contributed by atoms with van der Waals surface area (Å²) in [5.74, 6) is 0.194. The Kier molecular flexibility index (Phi) is 5.85. The monoisotopic (exact) mass is 344 g/mol. The number of halogens is 4. The van der Waals surface area contributed by atoms with Crippen molar-refractivity contribution in [3.63, 3.8) is 0 Å². The number of hydrogen-bond acceptors (Lipinski definition) is 3. The molecule has 0 saturated carbocycles. The van der Waals surface area contributed by atoms with Gasteiger partial charge in [0.1, 0.15) is 5.82 Å². The first-order valence-corrected chi connectivity index (χ1v) is 7.42. The fourth-order valence-corrected chi connectivity index (χ4v) is 2.44. The van der Waals surface area contributed by atoms with E-state index < -0.39 is 11.7 Å². The first kappa shape index (κ1) is 17.6. The fourth-order valence-electron chi connectivity index (χ4n) is 2.21. The molecule has 1 aromatic carbocycles. The summed E-state index contributed by atoms with van der Waals surface area (Å²) in [6.45, 7) is 0.415. The molecule has 0 fully saturated rings. The number of aliphatic hydroxyl groups is 1. The Morgan fingerprint density at radius 1 is 1.22 bits per heavy atom. The van der Waals surface area contributed by atoms with Crippen molar-refractivity contribution < 1.29 is 18.3 Å². The van der Waals surface area contributed by atoms with E-state index in [1.165, 1.54) is 0 Å². The molecule has 7 heteroatoms. The molecule has 2 N–H and O–H groups in total. The lowest BCUT2D eigenvalue weighted by Gasteiger charge is -2.18. The van der Waals surface area contributed by atoms with Gasteiger partial charge in [0, 0.05) is 25.3 Å². The third-order valence-corrected chi connectivity index (χ3v) is 3.72. The summed E-state index contributed by atoms with van der Waals surface area (Å²) in [6, 6.07) is 10.4. The molecule has 0 spiro atoms. The minimum Gasteiger partial charge on any atom is -0.396 e. The molecule has 2 aromatic rings. The predicted molar refractivity (Wildman–Crippen MR) is 83.6 cm³/mol. The van der Waals surface area contributed by atoms with Gasteiger partial charge in [0.25, 0.3) is 0 Å². The van der Waals surface area contributed by atoms with E-state index in [1.807, 2.05) is 30.3 Å². The van der Waals surface area contributed by atoms with Crippen LogP contribution in [-0.4, -0.2) is 23.2 Å². The maximum atomic E-state index is 12.6. The Labute approximate surface area is 137 Å². The molecule has 1 atom stereocenters. The van der Waals surface area contributed by atoms with E-state index in [9.17, 15) is 18.3 Å². The summed E-state index contributed by atoms with van der Waals surface area (Å²) in [4.78, 5) is 3.74. The molecule has 0 amide bonds. The van der Waals surface area contributed by atoms with Crippen molar-refractivity contribution in [2.75, 3.05) is 18.5 Å². The number of aliphatic hydroxyl groups excluding tert-OH is 1. The van der Waals surface area contributed by atoms with Gasteiger partial charge in [-0.05, 0) is 18.1 Å². The molecule has 124 valence electrons. The summed E-state index contributed by atoms with van der Waals surface area (Å²) in [6.07, 6.45) is -3.20. The number of alkyl halides is 3. The minimum absolute atomic E-state index is 0.00126. The van der Waals surface area contributed by atoms with E-state index in [2.05, 4.69) is 10.3 Å². The molecule has 1 aromatic heterocycles. The van der Waals surface area contributed by atoms with E-state index >= 15 is 0 Å². The highest BCUT2D eigenvalue weighted by Crippen LogP contribution is 2.32. The fraction of sp³-hybridized carbons (Fsp3) is 0.312. The first-order valence-electron chi connectivity index (χ1n) is 7.04. The average molecular weight is 345 g/mol. The second-order valence-corrected chi connectivity index (χ2v) is 5.46. The lowest BCUT2D eigenvalue weighted by atomic mass is 9.96. The summed E-state index contributed by atoms with van der Waals surface area (Å²) < 4.78 is 37.8. The topological polar surface area (TPSA) is 45.1 Å². The number of benzene rings is 1. The number of nitrogens with one attached hydrogen (secondary N) is 1. The van der Waals surface area contributed by atoms with Crippen molar-refractivity contribution in [2.24, 2.45) is 0 Å². The summed E-state index contributed by atoms with van der Waals surface area (Å²) in [5.41, 5.74) is 0.139. The van der Waals surface area contributed by atoms with Crippen LogP contribution < -0.4 is 5.32 Å². The number of rotatable bonds is 6. The molecule has 2 rings (SSSR count). The highest BCUT2D eigenvalue weighted by Gasteiger charge is 2.31. The van der Waals surface area contributed by atoms with Crippen molar-refractivity contribution in [3.8, 4) is 0 Å². The zero-order valence-electron chi connectivity index (χ0n) is 12.1. The molecule has 0 radical (unpaired) electrons. The van der Waals surface area contributed by atoms with E-state index in [0.29, 0.717) is 13.0 Å². The van der Waals surface area contributed by atoms with Crippen molar-refractivity contribution in [1.82, 2.24) is 4.98 Å². The number of hydrogen-bond donors (Lipinski definition) is 2. The predicted octanol–water partition coefficient (Wildman–Crippen LogP) is 4.33. The quantitative estimate of drug-likeness (QED) is 0.819. The second-order valence-electron chi connectivity index (χ2n) is 5.05. The largest absolute Gasteiger partial charge is 0.417 e. The van der Waals surface area contributed by atoms with Crippen LogP contribution in [0.4, 0.5) is 19.0 Å². The van der Waals surface area contributed by atoms with Gasteiger partial charge in [-0.25, -0.2) is 4.98 Å². The summed E-state index contributed by atoms with van der Waals surface area (Å²) >= 11 is 5.87. The number of anilines is 1. The van der Waals surface area contributed by atoms with Gasteiger partial charge in [0.15, 0.2) is 0 Å². The SMILES string of the molecule is OCCC(CNc1ncc(C(F)(F)F)cc1Cl)c1ccccc1. The van der Waals surface area contributed by atoms with Gasteiger partial charge in [0.05, 0.1) is 10.6 Å². The molecule has 0 aliphatic carbocycles. The maximum absolute atomic E-state index is 12.6. The molecular formula is C16H16ClF3N2O. The number of aromatic nitrogens is 1. The van der Waals surface area contributed by atoms with Crippen LogP contribution in [0.15, 0.2) is 42.6 Å². The van der Waals surface area contributed by atoms with Gasteiger partial charge < -0.3 is 10.4 Å². The molecule has 0 bridgehead atoms. The Hall–Kier alpha value is -1.79. The van der Waals surface area contributed by atoms with Crippen molar-refractivity contribution in [2.45, 2.75) is 18.5 Å². The van der Waals surface area contributed by atoms with E-state index in [4.69, 9.17) is 11.6 Å². The van der Waals surface area contributed by atoms with E-state index in [0.717, 1.165) is 17.8 Å². The Morgan fingerprint density at radius 2 is 1.91 bits per heavy atom. The third kappa shape index (κ3) is 4.84. The van der Waals surface area contributed by atoms with Gasteiger partial charge >= 0.3 is 6.18 Å². The number of pyridine rings is 1. The van der Waals surface area contributed by atoms with E-state index in [1.54, 1.807) is 0 Å². The molecule has 0 saturated heterocycles. The second kappa shape index (κ2) is 7.66. The Morgan fingerprint density at radius 3 is 2.48 bits per heavy atom. The highest BCUT2D eigenvalue weighted by atomic mass is 35.5. The van der Waals surface area contributed by atoms with Crippen LogP contribution in [0.3, 0.4) is 0 Å². The Balaban J connectivity index is 2.09. The van der Waals surface area contributed by atoms with Crippen molar-refractivity contribution in [1.29, 1.82) is 0 Å². The van der Waals surface area contributed by atoms with Gasteiger partial charge in [-0.15, -0.1) is 0 Å². The highest BCUT2D eigenvalue weighted by molar-refractivity contribution is 6.32. The summed E-state index contributed by atoms with van der Waals surface area (Å²) in [7, 11) is 0. The van der Waals surface area contributed by atoms with Crippen LogP contribution in [0.2, 0.25) is 5.02 Å². The van der Waals surface area contributed by atoms with Crippen molar-refractivity contribution in [3.05, 3.63) is 58.7 Å². The van der Waals surface area contributed by atoms with E-state index in [-0.39, 0.29) is 23.4 Å². The third-order valence-electron chi connectivity index (χ3n) is 3.43. The molecule has 1 heterocycles. The maximum Gasteiger partial charge on any atom is 0.417 e. The molecular weight excluding hydrogens is 329 g/mol. The Bertz CT molecular complexity index is 635. The molecule has 23 heavy (non-hydrogen) atoms. The van der Waals surface area contributed by atoms with Crippen LogP contribution in [0.1, 0.15) is 23.5 Å². The lowest BCUT2D eigenvalue weighted by Crippen LogP contribution is -2.15. The van der Waals surface area contributed by atoms with Crippen LogP contribution in [0, 0.1) is 0 Å².